The topological polar surface area (TPSA) is 278 Å². The molecule has 426 valence electrons. The van der Waals surface area contributed by atoms with Crippen LogP contribution in [-0.4, -0.2) is 148 Å². The van der Waals surface area contributed by atoms with E-state index in [2.05, 4.69) is 37.2 Å². The molecule has 9 N–H and O–H groups in total. The van der Waals surface area contributed by atoms with Gasteiger partial charge in [-0.3, -0.25) is 38.9 Å². The molecule has 1 fully saturated rings. The van der Waals surface area contributed by atoms with Crippen molar-refractivity contribution < 1.29 is 52.6 Å². The second kappa shape index (κ2) is 35.2. The number of carbonyl (C=O) groups excluding carboxylic acids is 8. The van der Waals surface area contributed by atoms with Gasteiger partial charge in [0.25, 0.3) is 0 Å². The first-order valence-electron chi connectivity index (χ1n) is 27.3. The number of nitrogens with two attached hydrogens (primary N) is 1. The average molecular weight is 1060 g/mol. The fourth-order valence-corrected chi connectivity index (χ4v) is 9.21. The molecule has 20 heteroatoms. The lowest BCUT2D eigenvalue weighted by molar-refractivity contribution is -0.155. The van der Waals surface area contributed by atoms with E-state index in [1.165, 1.54) is 33.1 Å². The van der Waals surface area contributed by atoms with Crippen molar-refractivity contribution >= 4 is 47.3 Å². The normalized spacial score (nSPS) is 18.0. The van der Waals surface area contributed by atoms with Crippen molar-refractivity contribution in [1.29, 1.82) is 0 Å². The summed E-state index contributed by atoms with van der Waals surface area (Å²) in [5.74, 6) is -4.61. The third kappa shape index (κ3) is 23.7. The highest BCUT2D eigenvalue weighted by Gasteiger charge is 2.38. The number of likely N-dealkylation sites (N-methyl/N-ethyl adjacent to an activating group) is 1. The minimum absolute atomic E-state index is 0.00406. The number of nitrogens with zero attached hydrogens (tertiary/aromatic N) is 1. The number of methoxy groups -OCH3 is 3. The third-order valence-electron chi connectivity index (χ3n) is 14.4. The Morgan fingerprint density at radius 2 is 1.33 bits per heavy atom. The number of carbonyl (C=O) groups is 8. The van der Waals surface area contributed by atoms with Crippen LogP contribution in [0, 0.1) is 23.7 Å². The molecule has 0 bridgehead atoms. The molecule has 12 atom stereocenters. The van der Waals surface area contributed by atoms with Crippen LogP contribution < -0.4 is 43.0 Å². The van der Waals surface area contributed by atoms with Crippen molar-refractivity contribution in [3.05, 3.63) is 35.9 Å². The molecule has 1 heterocycles. The fourth-order valence-electron chi connectivity index (χ4n) is 9.21. The quantitative estimate of drug-likeness (QED) is 0.0358. The van der Waals surface area contributed by atoms with Crippen molar-refractivity contribution in [3.63, 3.8) is 0 Å². The van der Waals surface area contributed by atoms with Crippen LogP contribution in [0.5, 0.6) is 0 Å². The van der Waals surface area contributed by atoms with E-state index < -0.39 is 77.9 Å². The summed E-state index contributed by atoms with van der Waals surface area (Å²) >= 11 is 0. The summed E-state index contributed by atoms with van der Waals surface area (Å²) in [7, 11) is 5.84. The molecule has 1 aliphatic heterocycles. The van der Waals surface area contributed by atoms with E-state index in [4.69, 9.17) is 19.9 Å². The van der Waals surface area contributed by atoms with E-state index in [9.17, 15) is 38.4 Å². The zero-order chi connectivity index (χ0) is 56.2. The van der Waals surface area contributed by atoms with Gasteiger partial charge in [0.2, 0.25) is 41.4 Å². The summed E-state index contributed by atoms with van der Waals surface area (Å²) in [6.45, 7) is 15.8. The Hall–Kier alpha value is -5.18. The number of hydrogen-bond donors (Lipinski definition) is 8. The van der Waals surface area contributed by atoms with Crippen LogP contribution >= 0.6 is 0 Å². The van der Waals surface area contributed by atoms with Crippen LogP contribution in [0.3, 0.4) is 0 Å². The summed E-state index contributed by atoms with van der Waals surface area (Å²) in [4.78, 5) is 109. The zero-order valence-corrected chi connectivity index (χ0v) is 47.2. The molecule has 7 amide bonds. The lowest BCUT2D eigenvalue weighted by atomic mass is 9.93. The first kappa shape index (κ1) is 65.9. The van der Waals surface area contributed by atoms with Gasteiger partial charge in [0.1, 0.15) is 30.2 Å². The number of nitrogens with one attached hydrogen (secondary N) is 7. The summed E-state index contributed by atoms with van der Waals surface area (Å²) in [6, 6.07) is 3.31. The van der Waals surface area contributed by atoms with Crippen LogP contribution in [0.1, 0.15) is 144 Å². The second-order valence-corrected chi connectivity index (χ2v) is 21.0. The Bertz CT molecular complexity index is 1920. The number of amides is 7. The molecule has 2 rings (SSSR count). The smallest absolute Gasteiger partial charge is 0.328 e. The van der Waals surface area contributed by atoms with Gasteiger partial charge >= 0.3 is 5.97 Å². The van der Waals surface area contributed by atoms with Gasteiger partial charge in [-0.2, -0.15) is 0 Å². The molecule has 1 aromatic carbocycles. The highest BCUT2D eigenvalue weighted by Crippen LogP contribution is 2.21. The molecule has 20 nitrogen and oxygen atoms in total. The van der Waals surface area contributed by atoms with E-state index in [0.717, 1.165) is 50.6 Å². The van der Waals surface area contributed by atoms with Crippen LogP contribution in [0.2, 0.25) is 0 Å². The molecule has 0 spiro atoms. The Balaban J connectivity index is 1.97. The van der Waals surface area contributed by atoms with Gasteiger partial charge in [0, 0.05) is 34.2 Å². The van der Waals surface area contributed by atoms with Gasteiger partial charge in [-0.05, 0) is 87.6 Å². The SMILES string of the molecule is CC[C@H](C)[C@H](NC(=O)[C@@H](NC(=O)CC(CC(C)CC(CC(=O)NCCCCCC(N)C(=O)NC1CCCCN1)OC)OC)C(C)C)C(=O)N[C@@H](C)C(=O)N[C@H](Cc1ccccc1)C(=O)N(C)[C@H](C(=O)OC)[C@@H](C)CC. The maximum atomic E-state index is 14.1. The zero-order valence-electron chi connectivity index (χ0n) is 47.2. The standard InChI is InChI=1S/C55H95N9O11/c1-13-36(6)48(53(70)59-38(8)50(67)60-43(31-39-23-17-15-18-24-39)54(71)64(9)49(37(7)14-2)55(72)75-12)63-52(69)47(34(3)4)62-46(66)33-41(74-11)30-35(5)29-40(73-10)32-45(65)58-28-21-16-19-25-42(56)51(68)61-44-26-20-22-27-57-44/h15,17-18,23-24,34-38,40-44,47-49,57H,13-14,16,19-22,25-33,56H2,1-12H3,(H,58,65)(H,59,70)(H,60,67)(H,61,68)(H,62,66)(H,63,69)/t35?,36-,37-,38-,40?,41?,42?,43+,44?,47-,48-,49-/m0/s1. The molecular weight excluding hydrogens is 963 g/mol. The van der Waals surface area contributed by atoms with E-state index in [1.54, 1.807) is 27.9 Å². The molecule has 1 aromatic rings. The number of hydrogen-bond acceptors (Lipinski definition) is 13. The third-order valence-corrected chi connectivity index (χ3v) is 14.4. The van der Waals surface area contributed by atoms with E-state index in [-0.39, 0.29) is 67.0 Å². The average Bonchev–Trinajstić information content (AvgIpc) is 3.39. The number of piperidine rings is 1. The Morgan fingerprint density at radius 1 is 0.720 bits per heavy atom. The first-order valence-corrected chi connectivity index (χ1v) is 27.3. The monoisotopic (exact) mass is 1060 g/mol. The van der Waals surface area contributed by atoms with Crippen molar-refractivity contribution in [2.45, 2.75) is 200 Å². The van der Waals surface area contributed by atoms with Crippen molar-refractivity contribution in [3.8, 4) is 0 Å². The first-order chi connectivity index (χ1) is 35.6. The lowest BCUT2D eigenvalue weighted by Crippen LogP contribution is -2.60. The molecule has 0 aliphatic carbocycles. The Kier molecular flexibility index (Phi) is 31.0. The van der Waals surface area contributed by atoms with Gasteiger partial charge in [-0.1, -0.05) is 104 Å². The van der Waals surface area contributed by atoms with Crippen LogP contribution in [-0.2, 0) is 59.0 Å². The van der Waals surface area contributed by atoms with Crippen molar-refractivity contribution in [1.82, 2.24) is 42.1 Å². The van der Waals surface area contributed by atoms with Crippen molar-refractivity contribution in [2.75, 3.05) is 41.5 Å². The number of benzene rings is 1. The predicted octanol–water partition coefficient (Wildman–Crippen LogP) is 3.38. The summed E-state index contributed by atoms with van der Waals surface area (Å²) in [5.41, 5.74) is 6.88. The molecule has 1 aliphatic rings. The van der Waals surface area contributed by atoms with Crippen LogP contribution in [0.25, 0.3) is 0 Å². The number of ether oxygens (including phenoxy) is 3. The molecule has 1 saturated heterocycles. The maximum Gasteiger partial charge on any atom is 0.328 e. The maximum absolute atomic E-state index is 14.1. The van der Waals surface area contributed by atoms with Gasteiger partial charge in [-0.15, -0.1) is 0 Å². The van der Waals surface area contributed by atoms with E-state index in [0.29, 0.717) is 38.6 Å². The summed E-state index contributed by atoms with van der Waals surface area (Å²) in [5, 5.41) is 20.4. The number of unbranched alkanes of at least 4 members (excludes halogenated alkanes) is 2. The molecule has 0 radical (unpaired) electrons. The molecule has 5 unspecified atom stereocenters. The van der Waals surface area contributed by atoms with Gasteiger partial charge in [0.05, 0.1) is 44.4 Å². The number of esters is 1. The summed E-state index contributed by atoms with van der Waals surface area (Å²) in [6.07, 6.45) is 7.47. The van der Waals surface area contributed by atoms with Gasteiger partial charge in [-0.25, -0.2) is 4.79 Å². The largest absolute Gasteiger partial charge is 0.467 e. The van der Waals surface area contributed by atoms with Gasteiger partial charge in [0.15, 0.2) is 0 Å². The van der Waals surface area contributed by atoms with Crippen molar-refractivity contribution in [2.24, 2.45) is 29.4 Å². The van der Waals surface area contributed by atoms with Gasteiger partial charge < -0.3 is 56.7 Å². The minimum Gasteiger partial charge on any atom is -0.467 e. The van der Waals surface area contributed by atoms with E-state index in [1.807, 2.05) is 58.0 Å². The Labute approximate surface area is 447 Å². The van der Waals surface area contributed by atoms with Crippen LogP contribution in [0.15, 0.2) is 30.3 Å². The molecule has 75 heavy (non-hydrogen) atoms. The highest BCUT2D eigenvalue weighted by molar-refractivity contribution is 5.96. The predicted molar refractivity (Wildman–Crippen MR) is 288 cm³/mol. The van der Waals surface area contributed by atoms with E-state index >= 15 is 0 Å². The minimum atomic E-state index is -1.14. The fraction of sp³-hybridized carbons (Fsp3) is 0.745. The molecule has 0 saturated carbocycles. The molecule has 0 aromatic heterocycles. The molecular formula is C55H95N9O11. The lowest BCUT2D eigenvalue weighted by Gasteiger charge is -2.33. The second-order valence-electron chi connectivity index (χ2n) is 21.0. The summed E-state index contributed by atoms with van der Waals surface area (Å²) < 4.78 is 16.4. The number of rotatable bonds is 35. The highest BCUT2D eigenvalue weighted by atomic mass is 16.5. The van der Waals surface area contributed by atoms with Crippen LogP contribution in [0.4, 0.5) is 0 Å². The Morgan fingerprint density at radius 3 is 1.89 bits per heavy atom.